The van der Waals surface area contributed by atoms with Gasteiger partial charge in [0.25, 0.3) is 0 Å². The van der Waals surface area contributed by atoms with E-state index in [2.05, 4.69) is 4.98 Å². The fraction of sp³-hybridized carbons (Fsp3) is 0.200. The van der Waals surface area contributed by atoms with Crippen molar-refractivity contribution in [2.24, 2.45) is 0 Å². The number of aromatic nitrogens is 1. The van der Waals surface area contributed by atoms with Gasteiger partial charge in [-0.3, -0.25) is 4.79 Å². The first-order valence-corrected chi connectivity index (χ1v) is 6.08. The minimum Gasteiger partial charge on any atom is -0.493 e. The summed E-state index contributed by atoms with van der Waals surface area (Å²) in [6.07, 6.45) is 1.47. The van der Waals surface area contributed by atoms with Gasteiger partial charge in [-0.1, -0.05) is 30.3 Å². The minimum absolute atomic E-state index is 0.182. The average molecular weight is 273 g/mol. The van der Waals surface area contributed by atoms with Crippen molar-refractivity contribution in [1.82, 2.24) is 4.98 Å². The number of nitrogens with zero attached hydrogens (tertiary/aromatic N) is 1. The summed E-state index contributed by atoms with van der Waals surface area (Å²) in [7, 11) is 1.52. The van der Waals surface area contributed by atoms with Crippen LogP contribution in [0.25, 0.3) is 0 Å². The maximum Gasteiger partial charge on any atom is 0.309 e. The second kappa shape index (κ2) is 6.56. The Morgan fingerprint density at radius 1 is 1.20 bits per heavy atom. The second-order valence-electron chi connectivity index (χ2n) is 4.04. The molecule has 0 aliphatic carbocycles. The van der Waals surface area contributed by atoms with Crippen molar-refractivity contribution in [1.29, 1.82) is 0 Å². The molecule has 0 fully saturated rings. The smallest absolute Gasteiger partial charge is 0.309 e. The van der Waals surface area contributed by atoms with E-state index in [1.54, 1.807) is 0 Å². The molecule has 0 N–H and O–H groups in total. The number of pyridine rings is 1. The molecule has 5 heteroatoms. The highest BCUT2D eigenvalue weighted by atomic mass is 16.5. The van der Waals surface area contributed by atoms with Gasteiger partial charge in [-0.15, -0.1) is 0 Å². The Morgan fingerprint density at radius 2 is 1.95 bits per heavy atom. The molecule has 0 aliphatic heterocycles. The minimum atomic E-state index is -0.433. The molecule has 0 saturated carbocycles. The zero-order valence-corrected chi connectivity index (χ0v) is 11.3. The van der Waals surface area contributed by atoms with Crippen LogP contribution < -0.4 is 14.2 Å². The number of esters is 1. The summed E-state index contributed by atoms with van der Waals surface area (Å²) >= 11 is 0. The maximum absolute atomic E-state index is 10.9. The molecular formula is C15H15NO4. The number of carbonyl (C=O) groups excluding carboxylic acids is 1. The molecule has 104 valence electrons. The topological polar surface area (TPSA) is 57.7 Å². The van der Waals surface area contributed by atoms with E-state index in [4.69, 9.17) is 14.2 Å². The highest BCUT2D eigenvalue weighted by Crippen LogP contribution is 2.29. The van der Waals surface area contributed by atoms with Gasteiger partial charge in [0.2, 0.25) is 5.88 Å². The molecule has 2 rings (SSSR count). The average Bonchev–Trinajstić information content (AvgIpc) is 2.46. The standard InChI is InChI=1S/C15H15NO4/c1-11(17)20-15-8-13(18-2)14(9-16-15)19-10-12-6-4-3-5-7-12/h3-9H,10H2,1-2H3. The van der Waals surface area contributed by atoms with Crippen LogP contribution in [0, 0.1) is 0 Å². The van der Waals surface area contributed by atoms with Crippen molar-refractivity contribution in [2.75, 3.05) is 7.11 Å². The van der Waals surface area contributed by atoms with Crippen LogP contribution in [-0.2, 0) is 11.4 Å². The molecule has 2 aromatic rings. The summed E-state index contributed by atoms with van der Waals surface area (Å²) in [6.45, 7) is 1.72. The Bertz CT molecular complexity index is 584. The van der Waals surface area contributed by atoms with Crippen LogP contribution >= 0.6 is 0 Å². The molecule has 0 saturated heterocycles. The molecule has 0 unspecified atom stereocenters. The van der Waals surface area contributed by atoms with E-state index in [9.17, 15) is 4.79 Å². The van der Waals surface area contributed by atoms with Crippen LogP contribution in [-0.4, -0.2) is 18.1 Å². The molecule has 0 amide bonds. The van der Waals surface area contributed by atoms with E-state index in [0.717, 1.165) is 5.56 Å². The van der Waals surface area contributed by atoms with E-state index in [-0.39, 0.29) is 5.88 Å². The highest BCUT2D eigenvalue weighted by Gasteiger charge is 2.09. The second-order valence-corrected chi connectivity index (χ2v) is 4.04. The maximum atomic E-state index is 10.9. The monoisotopic (exact) mass is 273 g/mol. The predicted octanol–water partition coefficient (Wildman–Crippen LogP) is 2.59. The Hall–Kier alpha value is -2.56. The summed E-state index contributed by atoms with van der Waals surface area (Å²) in [4.78, 5) is 14.9. The lowest BCUT2D eigenvalue weighted by atomic mass is 10.2. The first kappa shape index (κ1) is 13.9. The van der Waals surface area contributed by atoms with Gasteiger partial charge in [-0.2, -0.15) is 0 Å². The largest absolute Gasteiger partial charge is 0.493 e. The Morgan fingerprint density at radius 3 is 2.60 bits per heavy atom. The molecule has 0 atom stereocenters. The third kappa shape index (κ3) is 3.71. The molecule has 5 nitrogen and oxygen atoms in total. The van der Waals surface area contributed by atoms with Crippen molar-refractivity contribution in [3.63, 3.8) is 0 Å². The van der Waals surface area contributed by atoms with Crippen molar-refractivity contribution in [3.05, 3.63) is 48.2 Å². The van der Waals surface area contributed by atoms with Crippen molar-refractivity contribution >= 4 is 5.97 Å². The third-order valence-corrected chi connectivity index (χ3v) is 2.51. The molecule has 0 aliphatic rings. The van der Waals surface area contributed by atoms with E-state index < -0.39 is 5.97 Å². The Kier molecular flexibility index (Phi) is 4.55. The van der Waals surface area contributed by atoms with Gasteiger partial charge < -0.3 is 14.2 Å². The van der Waals surface area contributed by atoms with Gasteiger partial charge in [-0.25, -0.2) is 4.98 Å². The zero-order valence-electron chi connectivity index (χ0n) is 11.3. The normalized spacial score (nSPS) is 9.90. The molecule has 0 spiro atoms. The number of benzene rings is 1. The summed E-state index contributed by atoms with van der Waals surface area (Å²) in [5.74, 6) is 0.707. The van der Waals surface area contributed by atoms with Crippen LogP contribution in [0.2, 0.25) is 0 Å². The summed E-state index contributed by atoms with van der Waals surface area (Å²) < 4.78 is 15.7. The van der Waals surface area contributed by atoms with Crippen molar-refractivity contribution in [2.45, 2.75) is 13.5 Å². The number of rotatable bonds is 5. The SMILES string of the molecule is COc1cc(OC(C)=O)ncc1OCc1ccccc1. The van der Waals surface area contributed by atoms with Gasteiger partial charge in [-0.05, 0) is 5.56 Å². The van der Waals surface area contributed by atoms with Crippen LogP contribution in [0.15, 0.2) is 42.6 Å². The lowest BCUT2D eigenvalue weighted by molar-refractivity contribution is -0.132. The molecule has 20 heavy (non-hydrogen) atoms. The molecule has 1 aromatic carbocycles. The van der Waals surface area contributed by atoms with Crippen molar-refractivity contribution < 1.29 is 19.0 Å². The number of carbonyl (C=O) groups is 1. The van der Waals surface area contributed by atoms with E-state index in [1.165, 1.54) is 26.3 Å². The predicted molar refractivity (Wildman–Crippen MR) is 72.9 cm³/mol. The number of hydrogen-bond acceptors (Lipinski definition) is 5. The van der Waals surface area contributed by atoms with Gasteiger partial charge in [0.05, 0.1) is 13.3 Å². The Balaban J connectivity index is 2.09. The van der Waals surface area contributed by atoms with Crippen molar-refractivity contribution in [3.8, 4) is 17.4 Å². The lowest BCUT2D eigenvalue weighted by Crippen LogP contribution is -2.04. The number of hydrogen-bond donors (Lipinski definition) is 0. The van der Waals surface area contributed by atoms with E-state index in [1.807, 2.05) is 30.3 Å². The van der Waals surface area contributed by atoms with Gasteiger partial charge in [0.15, 0.2) is 11.5 Å². The van der Waals surface area contributed by atoms with E-state index in [0.29, 0.717) is 18.1 Å². The fourth-order valence-corrected chi connectivity index (χ4v) is 1.61. The summed E-state index contributed by atoms with van der Waals surface area (Å²) in [6, 6.07) is 11.3. The summed E-state index contributed by atoms with van der Waals surface area (Å²) in [5, 5.41) is 0. The van der Waals surface area contributed by atoms with Crippen LogP contribution in [0.3, 0.4) is 0 Å². The first-order valence-electron chi connectivity index (χ1n) is 6.08. The van der Waals surface area contributed by atoms with Crippen LogP contribution in [0.5, 0.6) is 17.4 Å². The number of ether oxygens (including phenoxy) is 3. The number of methoxy groups -OCH3 is 1. The quantitative estimate of drug-likeness (QED) is 0.784. The van der Waals surface area contributed by atoms with Gasteiger partial charge >= 0.3 is 5.97 Å². The lowest BCUT2D eigenvalue weighted by Gasteiger charge is -2.11. The zero-order chi connectivity index (χ0) is 14.4. The molecule has 0 radical (unpaired) electrons. The molecule has 1 heterocycles. The molecule has 0 bridgehead atoms. The third-order valence-electron chi connectivity index (χ3n) is 2.51. The summed E-state index contributed by atoms with van der Waals surface area (Å²) in [5.41, 5.74) is 1.04. The first-order chi connectivity index (χ1) is 9.69. The fourth-order valence-electron chi connectivity index (χ4n) is 1.61. The van der Waals surface area contributed by atoms with Crippen LogP contribution in [0.4, 0.5) is 0 Å². The molecular weight excluding hydrogens is 258 g/mol. The van der Waals surface area contributed by atoms with Gasteiger partial charge in [0.1, 0.15) is 6.61 Å². The molecule has 1 aromatic heterocycles. The highest BCUT2D eigenvalue weighted by molar-refractivity contribution is 5.69. The van der Waals surface area contributed by atoms with Gasteiger partial charge in [0, 0.05) is 13.0 Å². The Labute approximate surface area is 117 Å². The van der Waals surface area contributed by atoms with E-state index >= 15 is 0 Å². The van der Waals surface area contributed by atoms with Crippen LogP contribution in [0.1, 0.15) is 12.5 Å².